The summed E-state index contributed by atoms with van der Waals surface area (Å²) in [6, 6.07) is 0. The lowest BCUT2D eigenvalue weighted by Crippen LogP contribution is -2.56. The highest BCUT2D eigenvalue weighted by Gasteiger charge is 2.64. The molecule has 1 N–H and O–H groups in total. The van der Waals surface area contributed by atoms with Crippen molar-refractivity contribution in [1.82, 2.24) is 0 Å². The van der Waals surface area contributed by atoms with Crippen molar-refractivity contribution in [3.8, 4) is 0 Å². The normalized spacial score (nSPS) is 35.6. The SMILES string of the molecule is CC(/C=C/C=C(C)/C=C/C=C(\C)C(=O)O)=C1/C(=O)C[C@H]2[C@@]3(C)CCC(=O)C(C)(C)[C@@H]3CC[C@]12C. The molecule has 0 heterocycles. The number of aliphatic carboxylic acids is 1. The van der Waals surface area contributed by atoms with Crippen molar-refractivity contribution >= 4 is 17.5 Å². The van der Waals surface area contributed by atoms with E-state index in [1.165, 1.54) is 0 Å². The summed E-state index contributed by atoms with van der Waals surface area (Å²) in [5.41, 5.74) is 2.83. The van der Waals surface area contributed by atoms with Gasteiger partial charge in [0.25, 0.3) is 0 Å². The second kappa shape index (κ2) is 9.28. The molecule has 3 aliphatic carbocycles. The van der Waals surface area contributed by atoms with Crippen LogP contribution >= 0.6 is 0 Å². The summed E-state index contributed by atoms with van der Waals surface area (Å²) in [7, 11) is 0. The Morgan fingerprint density at radius 2 is 1.59 bits per heavy atom. The third kappa shape index (κ3) is 4.44. The summed E-state index contributed by atoms with van der Waals surface area (Å²) in [6.45, 7) is 14.4. The fourth-order valence-electron chi connectivity index (χ4n) is 7.28. The molecule has 0 radical (unpaired) electrons. The van der Waals surface area contributed by atoms with E-state index in [0.717, 1.165) is 36.0 Å². The second-order valence-corrected chi connectivity index (χ2v) is 11.7. The number of carbonyl (C=O) groups is 3. The molecule has 0 bridgehead atoms. The molecule has 4 atom stereocenters. The van der Waals surface area contributed by atoms with Gasteiger partial charge in [0, 0.05) is 34.8 Å². The number of Topliss-reactive ketones (excluding diaryl/α,β-unsaturated/α-hetero) is 2. The van der Waals surface area contributed by atoms with E-state index in [-0.39, 0.29) is 33.5 Å². The van der Waals surface area contributed by atoms with Crippen LogP contribution in [-0.4, -0.2) is 22.6 Å². The minimum absolute atomic E-state index is 0.00863. The van der Waals surface area contributed by atoms with Crippen molar-refractivity contribution in [3.05, 3.63) is 58.7 Å². The summed E-state index contributed by atoms with van der Waals surface area (Å²) in [6.07, 6.45) is 15.2. The number of ketones is 2. The van der Waals surface area contributed by atoms with E-state index in [0.29, 0.717) is 24.5 Å². The molecule has 3 rings (SSSR count). The van der Waals surface area contributed by atoms with Crippen LogP contribution in [0.3, 0.4) is 0 Å². The molecule has 4 nitrogen and oxygen atoms in total. The predicted molar refractivity (Wildman–Crippen MR) is 136 cm³/mol. The smallest absolute Gasteiger partial charge is 0.331 e. The van der Waals surface area contributed by atoms with Gasteiger partial charge in [-0.05, 0) is 62.9 Å². The monoisotopic (exact) mass is 464 g/mol. The Balaban J connectivity index is 1.86. The Morgan fingerprint density at radius 3 is 2.24 bits per heavy atom. The van der Waals surface area contributed by atoms with Gasteiger partial charge in [0.15, 0.2) is 5.78 Å². The second-order valence-electron chi connectivity index (χ2n) is 11.7. The zero-order valence-corrected chi connectivity index (χ0v) is 21.8. The highest BCUT2D eigenvalue weighted by Crippen LogP contribution is 2.68. The van der Waals surface area contributed by atoms with Gasteiger partial charge < -0.3 is 5.11 Å². The third-order valence-electron chi connectivity index (χ3n) is 9.18. The van der Waals surface area contributed by atoms with Crippen LogP contribution in [0.1, 0.15) is 80.6 Å². The predicted octanol–water partition coefficient (Wildman–Crippen LogP) is 6.79. The first-order chi connectivity index (χ1) is 15.7. The lowest BCUT2D eigenvalue weighted by Gasteiger charge is -2.60. The van der Waals surface area contributed by atoms with Crippen molar-refractivity contribution in [2.45, 2.75) is 80.6 Å². The number of rotatable bonds is 5. The number of allylic oxidation sites excluding steroid dienone is 9. The fourth-order valence-corrected chi connectivity index (χ4v) is 7.28. The van der Waals surface area contributed by atoms with Gasteiger partial charge in [0.1, 0.15) is 5.78 Å². The number of carbonyl (C=O) groups excluding carboxylic acids is 2. The van der Waals surface area contributed by atoms with E-state index in [1.807, 2.05) is 38.2 Å². The summed E-state index contributed by atoms with van der Waals surface area (Å²) < 4.78 is 0. The molecule has 0 aromatic carbocycles. The van der Waals surface area contributed by atoms with Crippen molar-refractivity contribution in [3.63, 3.8) is 0 Å². The first kappa shape index (κ1) is 26.1. The topological polar surface area (TPSA) is 71.4 Å². The Hall–Kier alpha value is -2.49. The van der Waals surface area contributed by atoms with Crippen LogP contribution in [0.4, 0.5) is 0 Å². The quantitative estimate of drug-likeness (QED) is 0.359. The molecular weight excluding hydrogens is 424 g/mol. The molecule has 0 aromatic rings. The molecule has 0 aromatic heterocycles. The number of fused-ring (bicyclic) bond motifs is 3. The Bertz CT molecular complexity index is 1050. The zero-order chi connectivity index (χ0) is 25.5. The number of carboxylic acids is 1. The molecule has 3 fully saturated rings. The average Bonchev–Trinajstić information content (AvgIpc) is 3.02. The number of carboxylic acid groups (broad SMARTS) is 1. The van der Waals surface area contributed by atoms with Crippen LogP contribution in [-0.2, 0) is 14.4 Å². The molecule has 184 valence electrons. The summed E-state index contributed by atoms with van der Waals surface area (Å²) in [5, 5.41) is 8.92. The van der Waals surface area contributed by atoms with E-state index in [4.69, 9.17) is 5.11 Å². The highest BCUT2D eigenvalue weighted by atomic mass is 16.4. The van der Waals surface area contributed by atoms with Gasteiger partial charge in [-0.15, -0.1) is 0 Å². The lowest BCUT2D eigenvalue weighted by molar-refractivity contribution is -0.154. The molecule has 0 saturated heterocycles. The van der Waals surface area contributed by atoms with Crippen LogP contribution in [0.15, 0.2) is 58.7 Å². The van der Waals surface area contributed by atoms with Gasteiger partial charge in [-0.25, -0.2) is 4.79 Å². The van der Waals surface area contributed by atoms with Gasteiger partial charge in [0.2, 0.25) is 0 Å². The van der Waals surface area contributed by atoms with Crippen molar-refractivity contribution in [2.24, 2.45) is 28.1 Å². The third-order valence-corrected chi connectivity index (χ3v) is 9.18. The van der Waals surface area contributed by atoms with E-state index < -0.39 is 5.97 Å². The molecule has 0 amide bonds. The van der Waals surface area contributed by atoms with Crippen LogP contribution in [0.5, 0.6) is 0 Å². The Morgan fingerprint density at radius 1 is 0.941 bits per heavy atom. The molecule has 3 aliphatic rings. The molecular formula is C30H40O4. The highest BCUT2D eigenvalue weighted by molar-refractivity contribution is 6.01. The van der Waals surface area contributed by atoms with Crippen LogP contribution < -0.4 is 0 Å². The maximum atomic E-state index is 13.3. The Kier molecular flexibility index (Phi) is 7.13. The van der Waals surface area contributed by atoms with E-state index in [2.05, 4.69) is 27.7 Å². The largest absolute Gasteiger partial charge is 0.478 e. The first-order valence-corrected chi connectivity index (χ1v) is 12.5. The maximum Gasteiger partial charge on any atom is 0.331 e. The molecule has 34 heavy (non-hydrogen) atoms. The molecule has 4 heteroatoms. The fraction of sp³-hybridized carbons (Fsp3) is 0.567. The first-order valence-electron chi connectivity index (χ1n) is 12.5. The lowest BCUT2D eigenvalue weighted by atomic mass is 9.43. The standard InChI is InChI=1S/C30H40O4/c1-19(11-9-13-21(3)27(33)34)10-8-12-20(2)26-22(31)18-24-29(6)17-15-25(32)28(4,5)23(29)14-16-30(24,26)7/h8-13,23-24H,14-18H2,1-7H3,(H,33,34)/b11-9+,12-8+,19-10+,21-13+,26-20+/t23-,24-,29-,30-/m0/s1. The van der Waals surface area contributed by atoms with Crippen molar-refractivity contribution in [2.75, 3.05) is 0 Å². The molecule has 3 saturated carbocycles. The summed E-state index contributed by atoms with van der Waals surface area (Å²) >= 11 is 0. The minimum atomic E-state index is -0.923. The summed E-state index contributed by atoms with van der Waals surface area (Å²) in [5.74, 6) is 0.330. The maximum absolute atomic E-state index is 13.3. The van der Waals surface area contributed by atoms with Gasteiger partial charge in [-0.3, -0.25) is 9.59 Å². The van der Waals surface area contributed by atoms with Crippen molar-refractivity contribution < 1.29 is 19.5 Å². The van der Waals surface area contributed by atoms with Gasteiger partial charge in [-0.2, -0.15) is 0 Å². The minimum Gasteiger partial charge on any atom is -0.478 e. The number of hydrogen-bond donors (Lipinski definition) is 1. The average molecular weight is 465 g/mol. The van der Waals surface area contributed by atoms with Gasteiger partial charge >= 0.3 is 5.97 Å². The van der Waals surface area contributed by atoms with Gasteiger partial charge in [-0.1, -0.05) is 69.7 Å². The van der Waals surface area contributed by atoms with Crippen LogP contribution in [0, 0.1) is 28.1 Å². The van der Waals surface area contributed by atoms with E-state index >= 15 is 0 Å². The zero-order valence-electron chi connectivity index (χ0n) is 21.8. The van der Waals surface area contributed by atoms with E-state index in [1.54, 1.807) is 19.1 Å². The van der Waals surface area contributed by atoms with Crippen LogP contribution in [0.25, 0.3) is 0 Å². The summed E-state index contributed by atoms with van der Waals surface area (Å²) in [4.78, 5) is 36.9. The van der Waals surface area contributed by atoms with Crippen molar-refractivity contribution in [1.29, 1.82) is 0 Å². The molecule has 0 aliphatic heterocycles. The Labute approximate surface area is 204 Å². The molecule has 0 spiro atoms. The molecule has 0 unspecified atom stereocenters. The van der Waals surface area contributed by atoms with Gasteiger partial charge in [0.05, 0.1) is 0 Å². The van der Waals surface area contributed by atoms with E-state index in [9.17, 15) is 14.4 Å². The number of hydrogen-bond acceptors (Lipinski definition) is 3. The van der Waals surface area contributed by atoms with Crippen LogP contribution in [0.2, 0.25) is 0 Å².